The lowest BCUT2D eigenvalue weighted by Crippen LogP contribution is -2.57. The normalized spacial score (nSPS) is 18.6. The Morgan fingerprint density at radius 2 is 2.07 bits per heavy atom. The van der Waals surface area contributed by atoms with Crippen LogP contribution in [0.5, 0.6) is 0 Å². The molecule has 0 radical (unpaired) electrons. The Morgan fingerprint density at radius 1 is 1.28 bits per heavy atom. The molecular formula is C20H32IN5O3. The number of amides is 1. The van der Waals surface area contributed by atoms with Crippen LogP contribution in [0.3, 0.4) is 0 Å². The topological polar surface area (TPSA) is 79.2 Å². The molecule has 2 aliphatic heterocycles. The molecule has 0 bridgehead atoms. The van der Waals surface area contributed by atoms with E-state index in [1.165, 1.54) is 0 Å². The molecule has 8 nitrogen and oxygen atoms in total. The minimum Gasteiger partial charge on any atom is -0.444 e. The van der Waals surface area contributed by atoms with E-state index < -0.39 is 5.60 Å². The molecule has 1 unspecified atom stereocenters. The average Bonchev–Trinajstić information content (AvgIpc) is 3.04. The van der Waals surface area contributed by atoms with Crippen LogP contribution in [0, 0.1) is 0 Å². The standard InChI is InChI=1S/C20H31N5O3.HI/c1-20(2,3)28-19(27)24-12-13-25-16(15-24)14-22-18(25)21-9-5-7-11-23-10-6-4-8-17(23)26;/h4,6,8,10,16H,5,7,9,11-15H2,1-3H3,(H,21,22);1H. The van der Waals surface area contributed by atoms with Gasteiger partial charge in [-0.3, -0.25) is 9.79 Å². The summed E-state index contributed by atoms with van der Waals surface area (Å²) in [4.78, 5) is 32.6. The molecule has 1 aromatic rings. The summed E-state index contributed by atoms with van der Waals surface area (Å²) in [5, 5.41) is 3.42. The van der Waals surface area contributed by atoms with E-state index in [9.17, 15) is 9.59 Å². The summed E-state index contributed by atoms with van der Waals surface area (Å²) in [7, 11) is 0. The lowest BCUT2D eigenvalue weighted by atomic mass is 10.2. The average molecular weight is 517 g/mol. The quantitative estimate of drug-likeness (QED) is 0.479. The Kier molecular flexibility index (Phi) is 8.35. The molecule has 0 aliphatic carbocycles. The molecule has 1 atom stereocenters. The zero-order valence-electron chi connectivity index (χ0n) is 17.5. The number of unbranched alkanes of at least 4 members (excludes halogenated alkanes) is 1. The maximum atomic E-state index is 12.3. The number of piperazine rings is 1. The largest absolute Gasteiger partial charge is 0.444 e. The van der Waals surface area contributed by atoms with E-state index in [0.29, 0.717) is 19.6 Å². The van der Waals surface area contributed by atoms with Crippen molar-refractivity contribution >= 4 is 36.0 Å². The van der Waals surface area contributed by atoms with E-state index in [0.717, 1.165) is 38.4 Å². The molecule has 1 saturated heterocycles. The van der Waals surface area contributed by atoms with Gasteiger partial charge in [-0.2, -0.15) is 0 Å². The molecule has 1 aromatic heterocycles. The van der Waals surface area contributed by atoms with E-state index >= 15 is 0 Å². The smallest absolute Gasteiger partial charge is 0.410 e. The molecule has 1 N–H and O–H groups in total. The van der Waals surface area contributed by atoms with Crippen molar-refractivity contribution in [3.05, 3.63) is 34.7 Å². The van der Waals surface area contributed by atoms with Crippen molar-refractivity contribution in [3.63, 3.8) is 0 Å². The highest BCUT2D eigenvalue weighted by atomic mass is 127. The van der Waals surface area contributed by atoms with Crippen LogP contribution in [0.2, 0.25) is 0 Å². The van der Waals surface area contributed by atoms with Gasteiger partial charge in [-0.05, 0) is 39.7 Å². The second-order valence-corrected chi connectivity index (χ2v) is 8.30. The van der Waals surface area contributed by atoms with Crippen LogP contribution in [0.1, 0.15) is 33.6 Å². The number of carbonyl (C=O) groups excluding carboxylic acids is 1. The Labute approximate surface area is 189 Å². The SMILES string of the molecule is CC(C)(C)OC(=O)N1CCN2C(NCCCCn3ccccc3=O)=NCC2C1.I. The van der Waals surface area contributed by atoms with Crippen LogP contribution in [0.4, 0.5) is 4.79 Å². The summed E-state index contributed by atoms with van der Waals surface area (Å²) in [5.41, 5.74) is -0.431. The zero-order chi connectivity index (χ0) is 20.1. The highest BCUT2D eigenvalue weighted by Gasteiger charge is 2.36. The number of aryl methyl sites for hydroxylation is 1. The minimum absolute atomic E-state index is 0. The van der Waals surface area contributed by atoms with E-state index in [4.69, 9.17) is 4.74 Å². The molecule has 2 aliphatic rings. The molecule has 0 aromatic carbocycles. The third kappa shape index (κ3) is 6.61. The van der Waals surface area contributed by atoms with Gasteiger partial charge in [-0.25, -0.2) is 4.79 Å². The number of pyridine rings is 1. The molecule has 3 rings (SSSR count). The van der Waals surface area contributed by atoms with E-state index in [2.05, 4.69) is 15.2 Å². The molecular weight excluding hydrogens is 485 g/mol. The predicted octanol–water partition coefficient (Wildman–Crippen LogP) is 2.13. The van der Waals surface area contributed by atoms with Crippen LogP contribution < -0.4 is 10.9 Å². The van der Waals surface area contributed by atoms with Crippen LogP contribution in [0.15, 0.2) is 34.2 Å². The van der Waals surface area contributed by atoms with Gasteiger partial charge >= 0.3 is 6.09 Å². The van der Waals surface area contributed by atoms with Crippen molar-refractivity contribution in [1.82, 2.24) is 19.7 Å². The first-order valence-corrected chi connectivity index (χ1v) is 10.0. The molecule has 3 heterocycles. The number of halogens is 1. The molecule has 162 valence electrons. The maximum Gasteiger partial charge on any atom is 0.410 e. The molecule has 9 heteroatoms. The van der Waals surface area contributed by atoms with Gasteiger partial charge in [0.05, 0.1) is 12.6 Å². The van der Waals surface area contributed by atoms with E-state index in [-0.39, 0.29) is 41.7 Å². The number of hydrogen-bond donors (Lipinski definition) is 1. The Hall–Kier alpha value is -1.78. The summed E-state index contributed by atoms with van der Waals surface area (Å²) in [6.45, 7) is 9.94. The first-order chi connectivity index (χ1) is 13.3. The number of guanidine groups is 1. The monoisotopic (exact) mass is 517 g/mol. The molecule has 0 saturated carbocycles. The second kappa shape index (κ2) is 10.3. The third-order valence-corrected chi connectivity index (χ3v) is 4.87. The summed E-state index contributed by atoms with van der Waals surface area (Å²) < 4.78 is 7.22. The number of hydrogen-bond acceptors (Lipinski definition) is 6. The van der Waals surface area contributed by atoms with Crippen molar-refractivity contribution < 1.29 is 9.53 Å². The van der Waals surface area contributed by atoms with Gasteiger partial charge in [-0.15, -0.1) is 24.0 Å². The predicted molar refractivity (Wildman–Crippen MR) is 124 cm³/mol. The van der Waals surface area contributed by atoms with Gasteiger partial charge in [0.2, 0.25) is 5.56 Å². The van der Waals surface area contributed by atoms with Crippen LogP contribution in [0.25, 0.3) is 0 Å². The fraction of sp³-hybridized carbons (Fsp3) is 0.650. The van der Waals surface area contributed by atoms with Gasteiger partial charge in [0.15, 0.2) is 5.96 Å². The van der Waals surface area contributed by atoms with Crippen molar-refractivity contribution in [1.29, 1.82) is 0 Å². The number of aromatic nitrogens is 1. The molecule has 1 amide bonds. The number of rotatable bonds is 5. The van der Waals surface area contributed by atoms with Gasteiger partial charge in [0.1, 0.15) is 5.60 Å². The number of fused-ring (bicyclic) bond motifs is 1. The first kappa shape index (κ1) is 23.5. The number of aliphatic imine (C=N–C) groups is 1. The van der Waals surface area contributed by atoms with Crippen molar-refractivity contribution in [2.24, 2.45) is 4.99 Å². The number of nitrogens with zero attached hydrogens (tertiary/aromatic N) is 4. The zero-order valence-corrected chi connectivity index (χ0v) is 19.8. The number of nitrogens with one attached hydrogen (secondary N) is 1. The molecule has 1 fully saturated rings. The van der Waals surface area contributed by atoms with Crippen LogP contribution in [-0.2, 0) is 11.3 Å². The number of ether oxygens (including phenoxy) is 1. The highest BCUT2D eigenvalue weighted by molar-refractivity contribution is 14.0. The van der Waals surface area contributed by atoms with Gasteiger partial charge in [0.25, 0.3) is 0 Å². The summed E-state index contributed by atoms with van der Waals surface area (Å²) >= 11 is 0. The fourth-order valence-electron chi connectivity index (χ4n) is 3.48. The van der Waals surface area contributed by atoms with Gasteiger partial charge in [0, 0.05) is 45.0 Å². The Balaban J connectivity index is 0.00000300. The second-order valence-electron chi connectivity index (χ2n) is 8.30. The van der Waals surface area contributed by atoms with E-state index in [1.807, 2.05) is 33.0 Å². The van der Waals surface area contributed by atoms with Crippen molar-refractivity contribution in [2.45, 2.75) is 51.8 Å². The lowest BCUT2D eigenvalue weighted by molar-refractivity contribution is 0.0137. The summed E-state index contributed by atoms with van der Waals surface area (Å²) in [6, 6.07) is 5.44. The first-order valence-electron chi connectivity index (χ1n) is 10.0. The maximum absolute atomic E-state index is 12.3. The minimum atomic E-state index is -0.474. The van der Waals surface area contributed by atoms with Crippen molar-refractivity contribution in [3.8, 4) is 0 Å². The Bertz CT molecular complexity index is 774. The summed E-state index contributed by atoms with van der Waals surface area (Å²) in [5.74, 6) is 0.922. The van der Waals surface area contributed by atoms with E-state index in [1.54, 1.807) is 21.6 Å². The van der Waals surface area contributed by atoms with Crippen molar-refractivity contribution in [2.75, 3.05) is 32.7 Å². The molecule has 0 spiro atoms. The Morgan fingerprint density at radius 3 is 2.79 bits per heavy atom. The highest BCUT2D eigenvalue weighted by Crippen LogP contribution is 2.18. The number of carbonyl (C=O) groups is 1. The lowest BCUT2D eigenvalue weighted by Gasteiger charge is -2.39. The van der Waals surface area contributed by atoms with Crippen LogP contribution >= 0.6 is 24.0 Å². The fourth-order valence-corrected chi connectivity index (χ4v) is 3.48. The van der Waals surface area contributed by atoms with Crippen LogP contribution in [-0.4, -0.2) is 70.8 Å². The third-order valence-electron chi connectivity index (χ3n) is 4.87. The van der Waals surface area contributed by atoms with Gasteiger partial charge in [-0.1, -0.05) is 6.07 Å². The molecule has 29 heavy (non-hydrogen) atoms. The van der Waals surface area contributed by atoms with Gasteiger partial charge < -0.3 is 24.4 Å². The summed E-state index contributed by atoms with van der Waals surface area (Å²) in [6.07, 6.45) is 3.47.